The van der Waals surface area contributed by atoms with Gasteiger partial charge in [0.25, 0.3) is 0 Å². The maximum atomic E-state index is 9.10. The molecule has 0 atom stereocenters. The summed E-state index contributed by atoms with van der Waals surface area (Å²) in [5, 5.41) is 18.1. The molecule has 1 aromatic carbocycles. The van der Waals surface area contributed by atoms with E-state index in [0.717, 1.165) is 6.54 Å². The molecule has 3 N–H and O–H groups in total. The zero-order valence-corrected chi connectivity index (χ0v) is 16.4. The molecule has 0 aliphatic heterocycles. The summed E-state index contributed by atoms with van der Waals surface area (Å²) >= 11 is 0. The Kier molecular flexibility index (Phi) is 11.6. The molecule has 0 saturated carbocycles. The van der Waals surface area contributed by atoms with E-state index in [-0.39, 0.29) is 5.54 Å². The van der Waals surface area contributed by atoms with Crippen LogP contribution in [0.15, 0.2) is 18.2 Å². The molecule has 0 spiro atoms. The van der Waals surface area contributed by atoms with Crippen molar-refractivity contribution in [1.29, 1.82) is 0 Å². The summed E-state index contributed by atoms with van der Waals surface area (Å²) in [5.41, 5.74) is 0.116. The average molecular weight is 387 g/mol. The molecule has 9 nitrogen and oxygen atoms in total. The van der Waals surface area contributed by atoms with Crippen LogP contribution in [0, 0.1) is 0 Å². The van der Waals surface area contributed by atoms with E-state index >= 15 is 0 Å². The fraction of sp³-hybridized carbons (Fsp3) is 0.556. The van der Waals surface area contributed by atoms with Gasteiger partial charge in [0.2, 0.25) is 5.75 Å². The van der Waals surface area contributed by atoms with Crippen LogP contribution in [-0.2, 0) is 14.3 Å². The molecule has 1 aromatic rings. The van der Waals surface area contributed by atoms with E-state index in [1.54, 1.807) is 14.2 Å². The number of hydrogen-bond acceptors (Lipinski definition) is 7. The second kappa shape index (κ2) is 12.8. The number of ether oxygens (including phenoxy) is 4. The first-order valence-corrected chi connectivity index (χ1v) is 8.25. The Bertz CT molecular complexity index is 549. The van der Waals surface area contributed by atoms with E-state index < -0.39 is 11.9 Å². The number of methoxy groups -OCH3 is 2. The van der Waals surface area contributed by atoms with Crippen LogP contribution >= 0.6 is 0 Å². The van der Waals surface area contributed by atoms with Crippen LogP contribution in [0.5, 0.6) is 17.2 Å². The summed E-state index contributed by atoms with van der Waals surface area (Å²) in [7, 11) is 3.21. The zero-order valence-electron chi connectivity index (χ0n) is 16.4. The Labute approximate surface area is 159 Å². The van der Waals surface area contributed by atoms with Gasteiger partial charge in [0.15, 0.2) is 11.5 Å². The lowest BCUT2D eigenvalue weighted by Gasteiger charge is -2.20. The molecule has 0 amide bonds. The van der Waals surface area contributed by atoms with Crippen molar-refractivity contribution in [3.8, 4) is 17.2 Å². The van der Waals surface area contributed by atoms with Crippen molar-refractivity contribution in [1.82, 2.24) is 5.32 Å². The van der Waals surface area contributed by atoms with Crippen molar-refractivity contribution in [2.45, 2.75) is 26.3 Å². The molecule has 0 heterocycles. The summed E-state index contributed by atoms with van der Waals surface area (Å²) in [4.78, 5) is 18.2. The second-order valence-corrected chi connectivity index (χ2v) is 6.24. The van der Waals surface area contributed by atoms with Gasteiger partial charge in [-0.25, -0.2) is 9.59 Å². The molecule has 1 rings (SSSR count). The van der Waals surface area contributed by atoms with Crippen LogP contribution in [0.4, 0.5) is 0 Å². The number of rotatable bonds is 9. The lowest BCUT2D eigenvalue weighted by molar-refractivity contribution is -0.159. The molecular formula is C18H29NO8. The van der Waals surface area contributed by atoms with Gasteiger partial charge in [-0.2, -0.15) is 0 Å². The van der Waals surface area contributed by atoms with E-state index in [1.807, 2.05) is 18.2 Å². The molecule has 154 valence electrons. The number of nitrogens with one attached hydrogen (secondary N) is 1. The van der Waals surface area contributed by atoms with Gasteiger partial charge < -0.3 is 34.5 Å². The van der Waals surface area contributed by atoms with Crippen LogP contribution in [0.3, 0.4) is 0 Å². The van der Waals surface area contributed by atoms with E-state index in [4.69, 9.17) is 38.7 Å². The molecule has 0 radical (unpaired) electrons. The minimum absolute atomic E-state index is 0.116. The van der Waals surface area contributed by atoms with Crippen LogP contribution in [0.25, 0.3) is 0 Å². The lowest BCUT2D eigenvalue weighted by Crippen LogP contribution is -2.38. The number of carboxylic acid groups (broad SMARTS) is 2. The zero-order chi connectivity index (χ0) is 20.9. The molecule has 27 heavy (non-hydrogen) atoms. The summed E-state index contributed by atoms with van der Waals surface area (Å²) in [5.74, 6) is -1.73. The smallest absolute Gasteiger partial charge is 0.414 e. The molecule has 0 unspecified atom stereocenters. The maximum absolute atomic E-state index is 9.10. The van der Waals surface area contributed by atoms with Gasteiger partial charge in [-0.05, 0) is 32.9 Å². The Morgan fingerprint density at radius 2 is 1.48 bits per heavy atom. The fourth-order valence-electron chi connectivity index (χ4n) is 1.76. The Balaban J connectivity index is 0.000000972. The van der Waals surface area contributed by atoms with Crippen molar-refractivity contribution in [2.75, 3.05) is 40.6 Å². The predicted octanol–water partition coefficient (Wildman–Crippen LogP) is 1.64. The maximum Gasteiger partial charge on any atom is 0.414 e. The highest BCUT2D eigenvalue weighted by Gasteiger charge is 2.11. The average Bonchev–Trinajstić information content (AvgIpc) is 2.60. The first-order valence-electron chi connectivity index (χ1n) is 8.25. The lowest BCUT2D eigenvalue weighted by atomic mass is 10.1. The number of para-hydroxylation sites is 1. The van der Waals surface area contributed by atoms with E-state index in [2.05, 4.69) is 26.1 Å². The van der Waals surface area contributed by atoms with Gasteiger partial charge in [0.05, 0.1) is 27.4 Å². The Morgan fingerprint density at radius 1 is 0.963 bits per heavy atom. The highest BCUT2D eigenvalue weighted by Crippen LogP contribution is 2.36. The van der Waals surface area contributed by atoms with Crippen LogP contribution < -0.4 is 19.5 Å². The Morgan fingerprint density at radius 3 is 1.89 bits per heavy atom. The monoisotopic (exact) mass is 387 g/mol. The highest BCUT2D eigenvalue weighted by atomic mass is 16.6. The third-order valence-corrected chi connectivity index (χ3v) is 2.94. The molecule has 0 aliphatic rings. The molecule has 0 bridgehead atoms. The van der Waals surface area contributed by atoms with E-state index in [1.165, 1.54) is 0 Å². The van der Waals surface area contributed by atoms with Gasteiger partial charge in [0, 0.05) is 12.1 Å². The quantitative estimate of drug-likeness (QED) is 0.428. The first kappa shape index (κ1) is 24.5. The number of aliphatic carboxylic acids is 2. The molecule has 0 saturated heterocycles. The highest BCUT2D eigenvalue weighted by molar-refractivity contribution is 6.27. The number of carboxylic acids is 2. The third kappa shape index (κ3) is 11.7. The summed E-state index contributed by atoms with van der Waals surface area (Å²) < 4.78 is 21.8. The molecule has 0 aromatic heterocycles. The largest absolute Gasteiger partial charge is 0.493 e. The SMILES string of the molecule is COc1cccc(OC)c1OCCOCCNC(C)(C)C.O=C(O)C(=O)O. The molecule has 9 heteroatoms. The van der Waals surface area contributed by atoms with Crippen molar-refractivity contribution in [3.05, 3.63) is 18.2 Å². The number of benzene rings is 1. The van der Waals surface area contributed by atoms with Crippen molar-refractivity contribution < 1.29 is 38.7 Å². The standard InChI is InChI=1S/C16H27NO4.C2H2O4/c1-16(2,3)17-9-10-20-11-12-21-15-13(18-4)7-6-8-14(15)19-5;3-1(4)2(5)6/h6-8,17H,9-12H2,1-5H3;(H,3,4)(H,5,6). The third-order valence-electron chi connectivity index (χ3n) is 2.94. The van der Waals surface area contributed by atoms with Crippen molar-refractivity contribution >= 4 is 11.9 Å². The van der Waals surface area contributed by atoms with Gasteiger partial charge in [-0.1, -0.05) is 6.07 Å². The van der Waals surface area contributed by atoms with Crippen LogP contribution in [0.1, 0.15) is 20.8 Å². The minimum atomic E-state index is -1.82. The molecule has 0 fully saturated rings. The van der Waals surface area contributed by atoms with Crippen LogP contribution in [0.2, 0.25) is 0 Å². The molecule has 0 aliphatic carbocycles. The normalized spacial score (nSPS) is 10.4. The minimum Gasteiger partial charge on any atom is -0.493 e. The van der Waals surface area contributed by atoms with Gasteiger partial charge in [-0.3, -0.25) is 0 Å². The summed E-state index contributed by atoms with van der Waals surface area (Å²) in [6.07, 6.45) is 0. The van der Waals surface area contributed by atoms with Crippen molar-refractivity contribution in [3.63, 3.8) is 0 Å². The predicted molar refractivity (Wildman–Crippen MR) is 98.9 cm³/mol. The first-order chi connectivity index (χ1) is 12.6. The summed E-state index contributed by atoms with van der Waals surface area (Å²) in [6, 6.07) is 5.54. The van der Waals surface area contributed by atoms with Crippen molar-refractivity contribution in [2.24, 2.45) is 0 Å². The Hall–Kier alpha value is -2.52. The summed E-state index contributed by atoms with van der Waals surface area (Å²) in [6.45, 7) is 8.84. The van der Waals surface area contributed by atoms with Crippen LogP contribution in [-0.4, -0.2) is 68.3 Å². The van der Waals surface area contributed by atoms with Gasteiger partial charge in [0.1, 0.15) is 6.61 Å². The fourth-order valence-corrected chi connectivity index (χ4v) is 1.76. The number of carbonyl (C=O) groups is 2. The van der Waals surface area contributed by atoms with E-state index in [9.17, 15) is 0 Å². The van der Waals surface area contributed by atoms with E-state index in [0.29, 0.717) is 37.1 Å². The van der Waals surface area contributed by atoms with Gasteiger partial charge in [-0.15, -0.1) is 0 Å². The number of hydrogen-bond donors (Lipinski definition) is 3. The topological polar surface area (TPSA) is 124 Å². The second-order valence-electron chi connectivity index (χ2n) is 6.24. The molecular weight excluding hydrogens is 358 g/mol. The van der Waals surface area contributed by atoms with Gasteiger partial charge >= 0.3 is 11.9 Å².